The highest BCUT2D eigenvalue weighted by Crippen LogP contribution is 2.19. The van der Waals surface area contributed by atoms with Crippen molar-refractivity contribution in [3.05, 3.63) is 29.8 Å². The summed E-state index contributed by atoms with van der Waals surface area (Å²) in [7, 11) is -3.41. The van der Waals surface area contributed by atoms with Crippen molar-refractivity contribution >= 4 is 27.6 Å². The Kier molecular flexibility index (Phi) is 8.33. The predicted octanol–water partition coefficient (Wildman–Crippen LogP) is 3.66. The lowest BCUT2D eigenvalue weighted by Gasteiger charge is -2.33. The molecule has 32 heavy (non-hydrogen) atoms. The number of benzene rings is 1. The number of rotatable bonds is 6. The Hall–Kier alpha value is -2.13. The van der Waals surface area contributed by atoms with Crippen molar-refractivity contribution in [1.82, 2.24) is 14.5 Å². The van der Waals surface area contributed by atoms with Gasteiger partial charge in [-0.25, -0.2) is 17.9 Å². The van der Waals surface area contributed by atoms with Crippen molar-refractivity contribution in [2.24, 2.45) is 0 Å². The molecular formula is C23H38N4O4S. The molecule has 1 saturated heterocycles. The van der Waals surface area contributed by atoms with Crippen LogP contribution in [0.4, 0.5) is 10.5 Å². The molecule has 1 aliphatic rings. The minimum Gasteiger partial charge on any atom is -0.334 e. The molecule has 2 rings (SSSR count). The molecule has 1 aromatic rings. The van der Waals surface area contributed by atoms with Crippen LogP contribution in [0.25, 0.3) is 0 Å². The number of hydrogen-bond acceptors (Lipinski definition) is 4. The molecule has 3 amide bonds. The maximum atomic E-state index is 12.8. The normalized spacial score (nSPS) is 15.8. The van der Waals surface area contributed by atoms with Crippen LogP contribution in [-0.4, -0.2) is 66.1 Å². The van der Waals surface area contributed by atoms with Gasteiger partial charge >= 0.3 is 6.03 Å². The third-order valence-corrected chi connectivity index (χ3v) is 7.90. The van der Waals surface area contributed by atoms with E-state index in [9.17, 15) is 18.0 Å². The SMILES string of the molecule is CC(C)N(C(=O)c1ccc(NC(=O)N2CCC(NS(=O)(=O)C(C)(C)C)CC2)cc1)C(C)C. The molecule has 0 aliphatic carbocycles. The van der Waals surface area contributed by atoms with Crippen molar-refractivity contribution in [2.75, 3.05) is 18.4 Å². The first-order valence-electron chi connectivity index (χ1n) is 11.2. The van der Waals surface area contributed by atoms with Crippen LogP contribution in [0.5, 0.6) is 0 Å². The molecule has 2 N–H and O–H groups in total. The number of sulfonamides is 1. The summed E-state index contributed by atoms with van der Waals surface area (Å²) in [6.07, 6.45) is 1.13. The second-order valence-electron chi connectivity index (χ2n) is 9.90. The first-order valence-corrected chi connectivity index (χ1v) is 12.7. The fourth-order valence-corrected chi connectivity index (χ4v) is 4.74. The van der Waals surface area contributed by atoms with Gasteiger partial charge < -0.3 is 15.1 Å². The van der Waals surface area contributed by atoms with E-state index in [1.54, 1.807) is 49.9 Å². The smallest absolute Gasteiger partial charge is 0.321 e. The zero-order valence-electron chi connectivity index (χ0n) is 20.3. The number of carbonyl (C=O) groups is 2. The molecule has 180 valence electrons. The molecule has 1 heterocycles. The number of piperidine rings is 1. The number of nitrogens with one attached hydrogen (secondary N) is 2. The van der Waals surface area contributed by atoms with E-state index in [2.05, 4.69) is 10.0 Å². The molecule has 0 saturated carbocycles. The first kappa shape index (κ1) is 26.1. The van der Waals surface area contributed by atoms with E-state index in [0.29, 0.717) is 37.2 Å². The Bertz CT molecular complexity index is 889. The highest BCUT2D eigenvalue weighted by molar-refractivity contribution is 7.90. The topological polar surface area (TPSA) is 98.8 Å². The van der Waals surface area contributed by atoms with Gasteiger partial charge in [0.2, 0.25) is 10.0 Å². The molecule has 8 nitrogen and oxygen atoms in total. The number of urea groups is 1. The van der Waals surface area contributed by atoms with Crippen molar-refractivity contribution in [3.63, 3.8) is 0 Å². The van der Waals surface area contributed by atoms with Crippen molar-refractivity contribution < 1.29 is 18.0 Å². The van der Waals surface area contributed by atoms with Gasteiger partial charge in [0, 0.05) is 42.5 Å². The molecule has 0 spiro atoms. The molecular weight excluding hydrogens is 428 g/mol. The third-order valence-electron chi connectivity index (χ3n) is 5.64. The van der Waals surface area contributed by atoms with E-state index >= 15 is 0 Å². The molecule has 0 atom stereocenters. The molecule has 1 aliphatic heterocycles. The average molecular weight is 467 g/mol. The molecule has 1 aromatic carbocycles. The first-order chi connectivity index (χ1) is 14.7. The van der Waals surface area contributed by atoms with Gasteiger partial charge in [-0.1, -0.05) is 0 Å². The van der Waals surface area contributed by atoms with E-state index in [1.165, 1.54) is 0 Å². The highest BCUT2D eigenvalue weighted by Gasteiger charge is 2.33. The van der Waals surface area contributed by atoms with Crippen LogP contribution in [-0.2, 0) is 10.0 Å². The Morgan fingerprint density at radius 1 is 1.00 bits per heavy atom. The maximum absolute atomic E-state index is 12.8. The lowest BCUT2D eigenvalue weighted by atomic mass is 10.1. The number of nitrogens with zero attached hydrogens (tertiary/aromatic N) is 2. The van der Waals surface area contributed by atoms with Crippen molar-refractivity contribution in [1.29, 1.82) is 0 Å². The summed E-state index contributed by atoms with van der Waals surface area (Å²) < 4.78 is 26.6. The van der Waals surface area contributed by atoms with Gasteiger partial charge in [0.15, 0.2) is 0 Å². The van der Waals surface area contributed by atoms with Gasteiger partial charge in [-0.15, -0.1) is 0 Å². The molecule has 0 aromatic heterocycles. The summed E-state index contributed by atoms with van der Waals surface area (Å²) in [5, 5.41) is 2.86. The number of hydrogen-bond donors (Lipinski definition) is 2. The van der Waals surface area contributed by atoms with E-state index in [4.69, 9.17) is 0 Å². The van der Waals surface area contributed by atoms with E-state index in [-0.39, 0.29) is 30.1 Å². The van der Waals surface area contributed by atoms with Gasteiger partial charge in [0.05, 0.1) is 4.75 Å². The van der Waals surface area contributed by atoms with Gasteiger partial charge in [-0.2, -0.15) is 0 Å². The number of carbonyl (C=O) groups excluding carboxylic acids is 2. The van der Waals surface area contributed by atoms with Gasteiger partial charge in [-0.05, 0) is 85.6 Å². The Labute approximate surface area is 192 Å². The fraction of sp³-hybridized carbons (Fsp3) is 0.652. The van der Waals surface area contributed by atoms with Crippen molar-refractivity contribution in [2.45, 2.75) is 84.2 Å². The monoisotopic (exact) mass is 466 g/mol. The summed E-state index contributed by atoms with van der Waals surface area (Å²) in [5.41, 5.74) is 1.19. The Balaban J connectivity index is 1.92. The van der Waals surface area contributed by atoms with Gasteiger partial charge in [0.1, 0.15) is 0 Å². The van der Waals surface area contributed by atoms with Crippen molar-refractivity contribution in [3.8, 4) is 0 Å². The van der Waals surface area contributed by atoms with Crippen LogP contribution in [0, 0.1) is 0 Å². The van der Waals surface area contributed by atoms with Crippen LogP contribution < -0.4 is 10.0 Å². The molecule has 0 bridgehead atoms. The third kappa shape index (κ3) is 6.45. The van der Waals surface area contributed by atoms with Crippen LogP contribution in [0.1, 0.15) is 71.7 Å². The molecule has 0 radical (unpaired) electrons. The zero-order chi connectivity index (χ0) is 24.3. The summed E-state index contributed by atoms with van der Waals surface area (Å²) in [6, 6.07) is 6.70. The lowest BCUT2D eigenvalue weighted by Crippen LogP contribution is -2.50. The standard InChI is InChI=1S/C23H38N4O4S/c1-16(2)27(17(3)4)21(28)18-8-10-19(11-9-18)24-22(29)26-14-12-20(13-15-26)25-32(30,31)23(5,6)7/h8-11,16-17,20,25H,12-15H2,1-7H3,(H,24,29). The summed E-state index contributed by atoms with van der Waals surface area (Å²) in [6.45, 7) is 13.9. The average Bonchev–Trinajstić information content (AvgIpc) is 2.67. The van der Waals surface area contributed by atoms with Crippen LogP contribution in [0.15, 0.2) is 24.3 Å². The van der Waals surface area contributed by atoms with E-state index in [1.807, 2.05) is 32.6 Å². The summed E-state index contributed by atoms with van der Waals surface area (Å²) in [5.74, 6) is -0.0346. The molecule has 0 unspecified atom stereocenters. The Morgan fingerprint density at radius 3 is 1.94 bits per heavy atom. The van der Waals surface area contributed by atoms with Crippen LogP contribution in [0.3, 0.4) is 0 Å². The second-order valence-corrected chi connectivity index (χ2v) is 12.4. The van der Waals surface area contributed by atoms with Crippen LogP contribution >= 0.6 is 0 Å². The predicted molar refractivity (Wildman–Crippen MR) is 128 cm³/mol. The second kappa shape index (κ2) is 10.2. The number of anilines is 1. The maximum Gasteiger partial charge on any atom is 0.321 e. The summed E-state index contributed by atoms with van der Waals surface area (Å²) in [4.78, 5) is 28.9. The van der Waals surface area contributed by atoms with Crippen LogP contribution in [0.2, 0.25) is 0 Å². The number of likely N-dealkylation sites (tertiary alicyclic amines) is 1. The Morgan fingerprint density at radius 2 is 1.50 bits per heavy atom. The lowest BCUT2D eigenvalue weighted by molar-refractivity contribution is 0.0643. The largest absolute Gasteiger partial charge is 0.334 e. The quantitative estimate of drug-likeness (QED) is 0.668. The number of amides is 3. The van der Waals surface area contributed by atoms with E-state index < -0.39 is 14.8 Å². The van der Waals surface area contributed by atoms with Gasteiger partial charge in [-0.3, -0.25) is 4.79 Å². The zero-order valence-corrected chi connectivity index (χ0v) is 21.1. The summed E-state index contributed by atoms with van der Waals surface area (Å²) >= 11 is 0. The highest BCUT2D eigenvalue weighted by atomic mass is 32.2. The fourth-order valence-electron chi connectivity index (χ4n) is 3.71. The minimum absolute atomic E-state index is 0.0346. The van der Waals surface area contributed by atoms with Gasteiger partial charge in [0.25, 0.3) is 5.91 Å². The minimum atomic E-state index is -3.41. The van der Waals surface area contributed by atoms with E-state index in [0.717, 1.165) is 0 Å². The molecule has 9 heteroatoms. The molecule has 1 fully saturated rings.